The second kappa shape index (κ2) is 5.71. The lowest BCUT2D eigenvalue weighted by Gasteiger charge is -2.18. The van der Waals surface area contributed by atoms with Crippen LogP contribution in [0.15, 0.2) is 41.0 Å². The van der Waals surface area contributed by atoms with Crippen molar-refractivity contribution in [1.29, 1.82) is 0 Å². The second-order valence-corrected chi connectivity index (χ2v) is 5.31. The molecule has 1 aliphatic carbocycles. The maximum Gasteiger partial charge on any atom is 0.119 e. The number of benzene rings is 1. The Morgan fingerprint density at radius 2 is 2.00 bits per heavy atom. The first-order valence-electron chi connectivity index (χ1n) is 7.32. The highest BCUT2D eigenvalue weighted by Gasteiger charge is 2.23. The zero-order valence-corrected chi connectivity index (χ0v) is 12.1. The van der Waals surface area contributed by atoms with Crippen molar-refractivity contribution in [2.24, 2.45) is 0 Å². The van der Waals surface area contributed by atoms with Gasteiger partial charge >= 0.3 is 0 Å². The van der Waals surface area contributed by atoms with Crippen LogP contribution in [0, 0.1) is 6.92 Å². The molecule has 1 fully saturated rings. The SMILES string of the molecule is CCNC(c1ccc(OC2CC2)cc1)c1ccoc1C. The Morgan fingerprint density at radius 3 is 2.55 bits per heavy atom. The van der Waals surface area contributed by atoms with Crippen molar-refractivity contribution in [1.82, 2.24) is 5.32 Å². The normalized spacial score (nSPS) is 16.1. The van der Waals surface area contributed by atoms with Crippen molar-refractivity contribution in [2.45, 2.75) is 38.8 Å². The van der Waals surface area contributed by atoms with Crippen LogP contribution in [-0.4, -0.2) is 12.6 Å². The van der Waals surface area contributed by atoms with Crippen LogP contribution in [0.2, 0.25) is 0 Å². The summed E-state index contributed by atoms with van der Waals surface area (Å²) in [5.74, 6) is 1.93. The van der Waals surface area contributed by atoms with E-state index in [9.17, 15) is 0 Å². The topological polar surface area (TPSA) is 34.4 Å². The minimum absolute atomic E-state index is 0.175. The lowest BCUT2D eigenvalue weighted by Crippen LogP contribution is -2.22. The van der Waals surface area contributed by atoms with E-state index in [1.165, 1.54) is 24.0 Å². The number of hydrogen-bond donors (Lipinski definition) is 1. The summed E-state index contributed by atoms with van der Waals surface area (Å²) in [6.07, 6.45) is 4.58. The second-order valence-electron chi connectivity index (χ2n) is 5.31. The molecule has 1 aliphatic rings. The highest BCUT2D eigenvalue weighted by atomic mass is 16.5. The molecule has 0 amide bonds. The Morgan fingerprint density at radius 1 is 1.25 bits per heavy atom. The van der Waals surface area contributed by atoms with Crippen molar-refractivity contribution in [3.05, 3.63) is 53.5 Å². The molecular formula is C17H21NO2. The third kappa shape index (κ3) is 2.88. The Kier molecular flexibility index (Phi) is 3.79. The molecular weight excluding hydrogens is 250 g/mol. The van der Waals surface area contributed by atoms with Gasteiger partial charge in [0.1, 0.15) is 11.5 Å². The molecule has 0 aliphatic heterocycles. The van der Waals surface area contributed by atoms with Crippen LogP contribution in [0.5, 0.6) is 5.75 Å². The largest absolute Gasteiger partial charge is 0.490 e. The number of furan rings is 1. The maximum atomic E-state index is 5.80. The number of ether oxygens (including phenoxy) is 1. The van der Waals surface area contributed by atoms with Crippen molar-refractivity contribution in [3.63, 3.8) is 0 Å². The van der Waals surface area contributed by atoms with E-state index in [-0.39, 0.29) is 6.04 Å². The average Bonchev–Trinajstić information content (AvgIpc) is 3.17. The first-order chi connectivity index (χ1) is 9.78. The van der Waals surface area contributed by atoms with Crippen molar-refractivity contribution < 1.29 is 9.15 Å². The van der Waals surface area contributed by atoms with Crippen LogP contribution in [0.25, 0.3) is 0 Å². The molecule has 1 aromatic heterocycles. The summed E-state index contributed by atoms with van der Waals surface area (Å²) in [5.41, 5.74) is 2.43. The fourth-order valence-corrected chi connectivity index (χ4v) is 2.42. The predicted molar refractivity (Wildman–Crippen MR) is 79.1 cm³/mol. The van der Waals surface area contributed by atoms with Crippen LogP contribution < -0.4 is 10.1 Å². The van der Waals surface area contributed by atoms with Gasteiger partial charge in [0.05, 0.1) is 18.4 Å². The van der Waals surface area contributed by atoms with E-state index < -0.39 is 0 Å². The van der Waals surface area contributed by atoms with Crippen LogP contribution in [-0.2, 0) is 0 Å². The van der Waals surface area contributed by atoms with Crippen LogP contribution in [0.3, 0.4) is 0 Å². The van der Waals surface area contributed by atoms with Gasteiger partial charge < -0.3 is 14.5 Å². The molecule has 1 unspecified atom stereocenters. The summed E-state index contributed by atoms with van der Waals surface area (Å²) >= 11 is 0. The highest BCUT2D eigenvalue weighted by molar-refractivity contribution is 5.36. The molecule has 106 valence electrons. The quantitative estimate of drug-likeness (QED) is 0.867. The molecule has 0 saturated heterocycles. The predicted octanol–water partition coefficient (Wildman–Crippen LogP) is 3.83. The van der Waals surface area contributed by atoms with Gasteiger partial charge in [-0.3, -0.25) is 0 Å². The van der Waals surface area contributed by atoms with Gasteiger partial charge in [0.2, 0.25) is 0 Å². The molecule has 1 aromatic carbocycles. The summed E-state index contributed by atoms with van der Waals surface area (Å²) in [4.78, 5) is 0. The summed E-state index contributed by atoms with van der Waals surface area (Å²) in [6.45, 7) is 5.03. The smallest absolute Gasteiger partial charge is 0.119 e. The average molecular weight is 271 g/mol. The van der Waals surface area contributed by atoms with E-state index in [2.05, 4.69) is 36.5 Å². The maximum absolute atomic E-state index is 5.80. The van der Waals surface area contributed by atoms with E-state index in [1.54, 1.807) is 6.26 Å². The molecule has 1 saturated carbocycles. The van der Waals surface area contributed by atoms with Gasteiger partial charge in [-0.1, -0.05) is 19.1 Å². The Hall–Kier alpha value is -1.74. The minimum Gasteiger partial charge on any atom is -0.490 e. The zero-order valence-electron chi connectivity index (χ0n) is 12.1. The molecule has 1 heterocycles. The number of hydrogen-bond acceptors (Lipinski definition) is 3. The molecule has 2 aromatic rings. The first kappa shape index (κ1) is 13.3. The first-order valence-corrected chi connectivity index (χ1v) is 7.32. The van der Waals surface area contributed by atoms with E-state index in [4.69, 9.17) is 9.15 Å². The molecule has 1 atom stereocenters. The van der Waals surface area contributed by atoms with E-state index in [0.717, 1.165) is 18.1 Å². The zero-order chi connectivity index (χ0) is 13.9. The molecule has 3 nitrogen and oxygen atoms in total. The van der Waals surface area contributed by atoms with Gasteiger partial charge in [-0.15, -0.1) is 0 Å². The summed E-state index contributed by atoms with van der Waals surface area (Å²) in [6, 6.07) is 10.6. The lowest BCUT2D eigenvalue weighted by atomic mass is 9.99. The van der Waals surface area contributed by atoms with Gasteiger partial charge in [0.15, 0.2) is 0 Å². The summed E-state index contributed by atoms with van der Waals surface area (Å²) in [7, 11) is 0. The lowest BCUT2D eigenvalue weighted by molar-refractivity contribution is 0.303. The van der Waals surface area contributed by atoms with Crippen LogP contribution >= 0.6 is 0 Å². The Labute approximate surface area is 119 Å². The van der Waals surface area contributed by atoms with Gasteiger partial charge in [0.25, 0.3) is 0 Å². The van der Waals surface area contributed by atoms with Gasteiger partial charge in [-0.05, 0) is 50.1 Å². The minimum atomic E-state index is 0.175. The Balaban J connectivity index is 1.81. The molecule has 0 radical (unpaired) electrons. The molecule has 20 heavy (non-hydrogen) atoms. The molecule has 1 N–H and O–H groups in total. The number of nitrogens with one attached hydrogen (secondary N) is 1. The third-order valence-corrected chi connectivity index (χ3v) is 3.66. The fourth-order valence-electron chi connectivity index (χ4n) is 2.42. The van der Waals surface area contributed by atoms with E-state index >= 15 is 0 Å². The molecule has 0 bridgehead atoms. The van der Waals surface area contributed by atoms with Gasteiger partial charge in [-0.2, -0.15) is 0 Å². The number of aryl methyl sites for hydroxylation is 1. The third-order valence-electron chi connectivity index (χ3n) is 3.66. The molecule has 3 rings (SSSR count). The van der Waals surface area contributed by atoms with Crippen molar-refractivity contribution >= 4 is 0 Å². The number of rotatable bonds is 6. The fraction of sp³-hybridized carbons (Fsp3) is 0.412. The molecule has 0 spiro atoms. The van der Waals surface area contributed by atoms with Crippen molar-refractivity contribution in [3.8, 4) is 5.75 Å². The summed E-state index contributed by atoms with van der Waals surface area (Å²) < 4.78 is 11.2. The van der Waals surface area contributed by atoms with Gasteiger partial charge in [-0.25, -0.2) is 0 Å². The van der Waals surface area contributed by atoms with E-state index in [0.29, 0.717) is 6.10 Å². The monoisotopic (exact) mass is 271 g/mol. The summed E-state index contributed by atoms with van der Waals surface area (Å²) in [5, 5.41) is 3.51. The van der Waals surface area contributed by atoms with Crippen LogP contribution in [0.4, 0.5) is 0 Å². The highest BCUT2D eigenvalue weighted by Crippen LogP contribution is 2.30. The Bertz CT molecular complexity index is 555. The van der Waals surface area contributed by atoms with E-state index in [1.807, 2.05) is 13.0 Å². The molecule has 3 heteroatoms. The van der Waals surface area contributed by atoms with Crippen LogP contribution in [0.1, 0.15) is 42.7 Å². The van der Waals surface area contributed by atoms with Gasteiger partial charge in [0, 0.05) is 5.56 Å². The van der Waals surface area contributed by atoms with Crippen molar-refractivity contribution in [2.75, 3.05) is 6.54 Å². The standard InChI is InChI=1S/C17H21NO2/c1-3-18-17(16-10-11-19-12(16)2)13-4-6-14(7-5-13)20-15-8-9-15/h4-7,10-11,15,17-18H,3,8-9H2,1-2H3.